The molecule has 4 rings (SSSR count). The van der Waals surface area contributed by atoms with Crippen LogP contribution in [0.1, 0.15) is 42.1 Å². The number of likely N-dealkylation sites (tertiary alicyclic amines) is 1. The van der Waals surface area contributed by atoms with E-state index in [1.165, 1.54) is 4.88 Å². The molecule has 4 heterocycles. The number of morpholine rings is 1. The molecule has 6 nitrogen and oxygen atoms in total. The molecule has 1 spiro atoms. The van der Waals surface area contributed by atoms with Crippen molar-refractivity contribution in [2.45, 2.75) is 51.2 Å². The van der Waals surface area contributed by atoms with Gasteiger partial charge >= 0.3 is 0 Å². The third-order valence-electron chi connectivity index (χ3n) is 5.88. The van der Waals surface area contributed by atoms with Gasteiger partial charge in [-0.15, -0.1) is 11.3 Å². The minimum absolute atomic E-state index is 0.104. The van der Waals surface area contributed by atoms with Crippen LogP contribution in [-0.2, 0) is 22.5 Å². The summed E-state index contributed by atoms with van der Waals surface area (Å²) in [6.45, 7) is 7.11. The summed E-state index contributed by atoms with van der Waals surface area (Å²) in [7, 11) is 0. The molecular weight excluding hydrogens is 372 g/mol. The van der Waals surface area contributed by atoms with Gasteiger partial charge < -0.3 is 14.6 Å². The Morgan fingerprint density at radius 1 is 1.36 bits per heavy atom. The van der Waals surface area contributed by atoms with E-state index in [-0.39, 0.29) is 5.60 Å². The molecule has 1 N–H and O–H groups in total. The smallest absolute Gasteiger partial charge is 0.222 e. The number of aromatic nitrogens is 2. The molecular formula is C21H30N4O2S. The van der Waals surface area contributed by atoms with Gasteiger partial charge in [0.05, 0.1) is 18.8 Å². The molecule has 0 saturated carbocycles. The fourth-order valence-electron chi connectivity index (χ4n) is 4.31. The molecule has 2 aliphatic rings. The highest BCUT2D eigenvalue weighted by molar-refractivity contribution is 7.09. The van der Waals surface area contributed by atoms with E-state index in [1.54, 1.807) is 11.3 Å². The van der Waals surface area contributed by atoms with Crippen LogP contribution >= 0.6 is 11.3 Å². The number of H-pyrrole nitrogens is 1. The van der Waals surface area contributed by atoms with Crippen molar-refractivity contribution in [3.63, 3.8) is 0 Å². The predicted octanol–water partition coefficient (Wildman–Crippen LogP) is 3.00. The van der Waals surface area contributed by atoms with E-state index in [9.17, 15) is 4.79 Å². The molecule has 2 aliphatic heterocycles. The lowest BCUT2D eigenvalue weighted by Gasteiger charge is -2.47. The summed E-state index contributed by atoms with van der Waals surface area (Å²) in [5.41, 5.74) is 0.997. The van der Waals surface area contributed by atoms with Crippen LogP contribution in [0.4, 0.5) is 0 Å². The molecule has 152 valence electrons. The van der Waals surface area contributed by atoms with Gasteiger partial charge in [0.25, 0.3) is 0 Å². The monoisotopic (exact) mass is 402 g/mol. The quantitative estimate of drug-likeness (QED) is 0.807. The molecule has 0 aliphatic carbocycles. The van der Waals surface area contributed by atoms with E-state index in [0.717, 1.165) is 76.5 Å². The Hall–Kier alpha value is -1.70. The van der Waals surface area contributed by atoms with Gasteiger partial charge in [0.2, 0.25) is 5.91 Å². The fraction of sp³-hybridized carbons (Fsp3) is 0.619. The van der Waals surface area contributed by atoms with Crippen LogP contribution in [-0.4, -0.2) is 64.1 Å². The molecule has 2 fully saturated rings. The lowest BCUT2D eigenvalue weighted by Crippen LogP contribution is -2.57. The zero-order valence-corrected chi connectivity index (χ0v) is 17.5. The van der Waals surface area contributed by atoms with E-state index in [0.29, 0.717) is 12.3 Å². The number of thiophene rings is 1. The van der Waals surface area contributed by atoms with Gasteiger partial charge in [0.1, 0.15) is 5.82 Å². The summed E-state index contributed by atoms with van der Waals surface area (Å²) < 4.78 is 6.23. The largest absolute Gasteiger partial charge is 0.372 e. The Labute approximate surface area is 170 Å². The zero-order valence-electron chi connectivity index (χ0n) is 16.7. The van der Waals surface area contributed by atoms with Crippen molar-refractivity contribution >= 4 is 17.2 Å². The third kappa shape index (κ3) is 4.82. The molecule has 2 aromatic heterocycles. The van der Waals surface area contributed by atoms with Crippen molar-refractivity contribution in [1.29, 1.82) is 0 Å². The topological polar surface area (TPSA) is 61.5 Å². The van der Waals surface area contributed by atoms with Crippen LogP contribution in [0.2, 0.25) is 0 Å². The maximum absolute atomic E-state index is 12.6. The fourth-order valence-corrected chi connectivity index (χ4v) is 5.06. The van der Waals surface area contributed by atoms with Crippen molar-refractivity contribution in [1.82, 2.24) is 19.8 Å². The lowest BCUT2D eigenvalue weighted by molar-refractivity contribution is -0.151. The summed E-state index contributed by atoms with van der Waals surface area (Å²) >= 11 is 1.77. The van der Waals surface area contributed by atoms with Gasteiger partial charge in [0, 0.05) is 49.4 Å². The molecule has 0 bridgehead atoms. The third-order valence-corrected chi connectivity index (χ3v) is 6.81. The van der Waals surface area contributed by atoms with Crippen LogP contribution in [0.15, 0.2) is 23.7 Å². The molecule has 2 aromatic rings. The van der Waals surface area contributed by atoms with Crippen LogP contribution in [0.5, 0.6) is 0 Å². The van der Waals surface area contributed by atoms with Crippen LogP contribution < -0.4 is 0 Å². The van der Waals surface area contributed by atoms with Gasteiger partial charge in [-0.3, -0.25) is 9.69 Å². The highest BCUT2D eigenvalue weighted by Crippen LogP contribution is 2.31. The second kappa shape index (κ2) is 8.76. The summed E-state index contributed by atoms with van der Waals surface area (Å²) in [5.74, 6) is 1.32. The Balaban J connectivity index is 1.23. The highest BCUT2D eigenvalue weighted by atomic mass is 32.1. The van der Waals surface area contributed by atoms with Crippen molar-refractivity contribution in [2.75, 3.05) is 32.8 Å². The van der Waals surface area contributed by atoms with E-state index in [1.807, 2.05) is 18.0 Å². The Morgan fingerprint density at radius 3 is 2.93 bits per heavy atom. The van der Waals surface area contributed by atoms with Crippen molar-refractivity contribution in [2.24, 2.45) is 0 Å². The molecule has 0 atom stereocenters. The normalized spacial score (nSPS) is 20.0. The van der Waals surface area contributed by atoms with Crippen LogP contribution in [0.3, 0.4) is 0 Å². The second-order valence-electron chi connectivity index (χ2n) is 8.07. The first-order chi connectivity index (χ1) is 13.6. The SMILES string of the molecule is Cc1cnc(CN2CCOC3(CCN(C(=O)CCCc4cccs4)CC3)C2)[nH]1. The summed E-state index contributed by atoms with van der Waals surface area (Å²) in [4.78, 5) is 26.2. The number of aromatic amines is 1. The number of nitrogens with zero attached hydrogens (tertiary/aromatic N) is 3. The van der Waals surface area contributed by atoms with Crippen molar-refractivity contribution < 1.29 is 9.53 Å². The number of carbonyl (C=O) groups excluding carboxylic acids is 1. The standard InChI is InChI=1S/C21H30N4O2S/c1-17-14-22-19(23-17)15-24-11-12-27-21(16-24)7-9-25(10-8-21)20(26)6-2-4-18-5-3-13-28-18/h3,5,13-14H,2,4,6-12,15-16H2,1H3,(H,22,23). The first-order valence-electron chi connectivity index (χ1n) is 10.3. The minimum Gasteiger partial charge on any atom is -0.372 e. The first-order valence-corrected chi connectivity index (χ1v) is 11.2. The average Bonchev–Trinajstić information content (AvgIpc) is 3.34. The average molecular weight is 403 g/mol. The molecule has 0 unspecified atom stereocenters. The van der Waals surface area contributed by atoms with Crippen LogP contribution in [0, 0.1) is 6.92 Å². The number of imidazole rings is 1. The number of piperidine rings is 1. The molecule has 0 aromatic carbocycles. The number of amides is 1. The van der Waals surface area contributed by atoms with Crippen molar-refractivity contribution in [3.05, 3.63) is 40.1 Å². The summed E-state index contributed by atoms with van der Waals surface area (Å²) in [6, 6.07) is 4.22. The summed E-state index contributed by atoms with van der Waals surface area (Å²) in [5, 5.41) is 2.10. The van der Waals surface area contributed by atoms with Crippen molar-refractivity contribution in [3.8, 4) is 0 Å². The summed E-state index contributed by atoms with van der Waals surface area (Å²) in [6.07, 6.45) is 6.33. The lowest BCUT2D eigenvalue weighted by atomic mass is 9.89. The number of carbonyl (C=O) groups is 1. The van der Waals surface area contributed by atoms with E-state index < -0.39 is 0 Å². The number of hydrogen-bond acceptors (Lipinski definition) is 5. The minimum atomic E-state index is -0.104. The van der Waals surface area contributed by atoms with Gasteiger partial charge in [-0.1, -0.05) is 6.07 Å². The second-order valence-corrected chi connectivity index (χ2v) is 9.10. The molecule has 1 amide bonds. The molecule has 28 heavy (non-hydrogen) atoms. The van der Waals surface area contributed by atoms with E-state index in [4.69, 9.17) is 4.74 Å². The first kappa shape index (κ1) is 19.6. The Bertz CT molecular complexity index is 765. The van der Waals surface area contributed by atoms with Gasteiger partial charge in [-0.25, -0.2) is 4.98 Å². The van der Waals surface area contributed by atoms with E-state index in [2.05, 4.69) is 32.4 Å². The number of rotatable bonds is 6. The zero-order chi connectivity index (χ0) is 19.4. The highest BCUT2D eigenvalue weighted by Gasteiger charge is 2.40. The maximum Gasteiger partial charge on any atom is 0.222 e. The molecule has 2 saturated heterocycles. The number of aryl methyl sites for hydroxylation is 2. The van der Waals surface area contributed by atoms with Crippen LogP contribution in [0.25, 0.3) is 0 Å². The van der Waals surface area contributed by atoms with Gasteiger partial charge in [-0.2, -0.15) is 0 Å². The predicted molar refractivity (Wildman–Crippen MR) is 110 cm³/mol. The van der Waals surface area contributed by atoms with Gasteiger partial charge in [0.15, 0.2) is 0 Å². The number of hydrogen-bond donors (Lipinski definition) is 1. The Kier molecular flexibility index (Phi) is 6.13. The maximum atomic E-state index is 12.6. The Morgan fingerprint density at radius 2 is 2.21 bits per heavy atom. The number of nitrogens with one attached hydrogen (secondary N) is 1. The van der Waals surface area contributed by atoms with Gasteiger partial charge in [-0.05, 0) is 44.1 Å². The molecule has 7 heteroatoms. The van der Waals surface area contributed by atoms with E-state index >= 15 is 0 Å². The number of ether oxygens (including phenoxy) is 1. The molecule has 0 radical (unpaired) electrons.